The van der Waals surface area contributed by atoms with E-state index in [1.165, 1.54) is 16.5 Å². The van der Waals surface area contributed by atoms with E-state index in [2.05, 4.69) is 0 Å². The Morgan fingerprint density at radius 2 is 1.81 bits per heavy atom. The average Bonchev–Trinajstić information content (AvgIpc) is 2.61. The van der Waals surface area contributed by atoms with Crippen LogP contribution in [-0.2, 0) is 7.05 Å². The molecule has 0 spiro atoms. The van der Waals surface area contributed by atoms with Gasteiger partial charge in [0.2, 0.25) is 0 Å². The van der Waals surface area contributed by atoms with Crippen molar-refractivity contribution in [1.29, 1.82) is 0 Å². The topological polar surface area (TPSA) is 65.4 Å². The van der Waals surface area contributed by atoms with E-state index < -0.39 is 22.8 Å². The van der Waals surface area contributed by atoms with E-state index in [9.17, 15) is 14.7 Å². The van der Waals surface area contributed by atoms with E-state index >= 15 is 0 Å². The van der Waals surface area contributed by atoms with E-state index in [4.69, 9.17) is 11.6 Å². The standard InChI is InChI=1S/C19H17ClN2O3.Na/c1-3-22(12-8-5-4-6-9-12)19(25)16-17(23)15-13(20)10-7-11-14(15)21(2)18(16)24;/h4-11,23H,3H2,1-2H3;/q;+1/p-1. The van der Waals surface area contributed by atoms with Gasteiger partial charge < -0.3 is 14.6 Å². The number of para-hydroxylation sites is 1. The molecule has 1 amide bonds. The van der Waals surface area contributed by atoms with Gasteiger partial charge in [-0.05, 0) is 31.2 Å². The van der Waals surface area contributed by atoms with Crippen molar-refractivity contribution in [3.8, 4) is 5.75 Å². The van der Waals surface area contributed by atoms with Crippen LogP contribution in [-0.4, -0.2) is 17.0 Å². The van der Waals surface area contributed by atoms with Crippen molar-refractivity contribution in [2.24, 2.45) is 7.05 Å². The Kier molecular flexibility index (Phi) is 6.53. The van der Waals surface area contributed by atoms with Crippen LogP contribution in [0.4, 0.5) is 5.69 Å². The molecule has 0 saturated carbocycles. The molecule has 0 saturated heterocycles. The second-order valence-electron chi connectivity index (χ2n) is 5.59. The molecular weight excluding hydrogens is 363 g/mol. The zero-order chi connectivity index (χ0) is 18.1. The van der Waals surface area contributed by atoms with Gasteiger partial charge in [0.25, 0.3) is 11.5 Å². The van der Waals surface area contributed by atoms with E-state index in [1.807, 2.05) is 6.07 Å². The van der Waals surface area contributed by atoms with Crippen LogP contribution in [0.3, 0.4) is 0 Å². The summed E-state index contributed by atoms with van der Waals surface area (Å²) in [6.07, 6.45) is 0. The summed E-state index contributed by atoms with van der Waals surface area (Å²) >= 11 is 6.15. The number of rotatable bonds is 3. The first-order valence-corrected chi connectivity index (χ1v) is 8.20. The number of amides is 1. The molecule has 0 atom stereocenters. The van der Waals surface area contributed by atoms with Gasteiger partial charge in [0.05, 0.1) is 11.1 Å². The van der Waals surface area contributed by atoms with E-state index in [-0.39, 0.29) is 40.0 Å². The largest absolute Gasteiger partial charge is 1.00 e. The summed E-state index contributed by atoms with van der Waals surface area (Å²) < 4.78 is 1.29. The van der Waals surface area contributed by atoms with Crippen molar-refractivity contribution in [2.75, 3.05) is 11.4 Å². The van der Waals surface area contributed by atoms with Gasteiger partial charge in [-0.25, -0.2) is 0 Å². The summed E-state index contributed by atoms with van der Waals surface area (Å²) in [5, 5.41) is 13.3. The van der Waals surface area contributed by atoms with Crippen molar-refractivity contribution >= 4 is 34.1 Å². The monoisotopic (exact) mass is 378 g/mol. The number of nitrogens with zero attached hydrogens (tertiary/aromatic N) is 2. The Morgan fingerprint density at radius 1 is 1.15 bits per heavy atom. The van der Waals surface area contributed by atoms with Crippen molar-refractivity contribution in [3.05, 3.63) is 69.5 Å². The molecule has 0 radical (unpaired) electrons. The van der Waals surface area contributed by atoms with Crippen LogP contribution in [0.25, 0.3) is 10.9 Å². The van der Waals surface area contributed by atoms with Gasteiger partial charge in [-0.3, -0.25) is 9.59 Å². The number of anilines is 1. The molecule has 5 nitrogen and oxygen atoms in total. The number of aryl methyl sites for hydroxylation is 1. The fourth-order valence-electron chi connectivity index (χ4n) is 2.89. The Morgan fingerprint density at radius 3 is 2.42 bits per heavy atom. The molecule has 0 aliphatic carbocycles. The molecule has 7 heteroatoms. The first-order valence-electron chi connectivity index (χ1n) is 7.82. The molecule has 3 rings (SSSR count). The van der Waals surface area contributed by atoms with Crippen LogP contribution in [0.1, 0.15) is 17.3 Å². The van der Waals surface area contributed by atoms with E-state index in [0.717, 1.165) is 0 Å². The average molecular weight is 379 g/mol. The number of benzene rings is 2. The van der Waals surface area contributed by atoms with Gasteiger partial charge in [-0.1, -0.05) is 41.6 Å². The molecule has 0 aliphatic heterocycles. The first kappa shape index (κ1) is 20.5. The van der Waals surface area contributed by atoms with E-state index in [0.29, 0.717) is 17.7 Å². The van der Waals surface area contributed by atoms with Gasteiger partial charge in [-0.2, -0.15) is 0 Å². The smallest absolute Gasteiger partial charge is 0.871 e. The summed E-state index contributed by atoms with van der Waals surface area (Å²) in [4.78, 5) is 27.1. The minimum atomic E-state index is -0.636. The van der Waals surface area contributed by atoms with Crippen LogP contribution >= 0.6 is 11.6 Å². The number of carbonyl (C=O) groups excluding carboxylic acids is 1. The summed E-state index contributed by atoms with van der Waals surface area (Å²) in [5.41, 5.74) is 0.00506. The van der Waals surface area contributed by atoms with Crippen LogP contribution in [0.5, 0.6) is 5.75 Å². The van der Waals surface area contributed by atoms with E-state index in [1.54, 1.807) is 49.4 Å². The number of hydrogen-bond donors (Lipinski definition) is 0. The summed E-state index contributed by atoms with van der Waals surface area (Å²) in [5.74, 6) is -1.26. The van der Waals surface area contributed by atoms with Crippen molar-refractivity contribution in [3.63, 3.8) is 0 Å². The second kappa shape index (κ2) is 8.27. The SMILES string of the molecule is CCN(C(=O)c1c([O-])c2c(Cl)cccc2n(C)c1=O)c1ccccc1.[Na+]. The van der Waals surface area contributed by atoms with Gasteiger partial charge in [0.15, 0.2) is 0 Å². The number of pyridine rings is 1. The van der Waals surface area contributed by atoms with Crippen LogP contribution in [0.15, 0.2) is 53.3 Å². The number of fused-ring (bicyclic) bond motifs is 1. The number of carbonyl (C=O) groups is 1. The number of halogens is 1. The number of aromatic nitrogens is 1. The molecule has 128 valence electrons. The fraction of sp³-hybridized carbons (Fsp3) is 0.158. The van der Waals surface area contributed by atoms with Crippen molar-refractivity contribution in [2.45, 2.75) is 6.92 Å². The van der Waals surface area contributed by atoms with Crippen LogP contribution < -0.4 is 45.1 Å². The van der Waals surface area contributed by atoms with Gasteiger partial charge >= 0.3 is 29.6 Å². The molecule has 2 aromatic carbocycles. The Balaban J connectivity index is 0.00000243. The molecule has 0 bridgehead atoms. The van der Waals surface area contributed by atoms with Crippen molar-refractivity contribution < 1.29 is 39.5 Å². The molecule has 26 heavy (non-hydrogen) atoms. The maximum absolute atomic E-state index is 13.0. The predicted molar refractivity (Wildman–Crippen MR) is 97.4 cm³/mol. The molecule has 1 aromatic heterocycles. The predicted octanol–water partition coefficient (Wildman–Crippen LogP) is -0.0638. The van der Waals surface area contributed by atoms with Crippen LogP contribution in [0, 0.1) is 0 Å². The molecular formula is C19H16ClN2NaO3. The second-order valence-corrected chi connectivity index (χ2v) is 5.99. The first-order chi connectivity index (χ1) is 12.0. The quantitative estimate of drug-likeness (QED) is 0.600. The molecule has 0 unspecified atom stereocenters. The normalized spacial score (nSPS) is 10.4. The molecule has 3 aromatic rings. The fourth-order valence-corrected chi connectivity index (χ4v) is 3.15. The van der Waals surface area contributed by atoms with Gasteiger partial charge in [-0.15, -0.1) is 0 Å². The summed E-state index contributed by atoms with van der Waals surface area (Å²) in [6, 6.07) is 13.8. The Hall–Kier alpha value is -1.79. The zero-order valence-corrected chi connectivity index (χ0v) is 17.6. The van der Waals surface area contributed by atoms with Gasteiger partial charge in [0.1, 0.15) is 0 Å². The summed E-state index contributed by atoms with van der Waals surface area (Å²) in [6.45, 7) is 2.11. The Labute approximate surface area is 178 Å². The molecule has 0 N–H and O–H groups in total. The third kappa shape index (κ3) is 3.40. The van der Waals surface area contributed by atoms with Gasteiger partial charge in [0, 0.05) is 29.7 Å². The molecule has 0 aliphatic rings. The minimum absolute atomic E-state index is 0. The molecule has 1 heterocycles. The van der Waals surface area contributed by atoms with Crippen molar-refractivity contribution in [1.82, 2.24) is 4.57 Å². The van der Waals surface area contributed by atoms with Crippen LogP contribution in [0.2, 0.25) is 5.02 Å². The molecule has 0 fully saturated rings. The Bertz CT molecular complexity index is 1020. The maximum Gasteiger partial charge on any atom is 1.00 e. The third-order valence-corrected chi connectivity index (χ3v) is 4.48. The summed E-state index contributed by atoms with van der Waals surface area (Å²) in [7, 11) is 1.52. The third-order valence-electron chi connectivity index (χ3n) is 4.17. The zero-order valence-electron chi connectivity index (χ0n) is 14.8. The number of hydrogen-bond acceptors (Lipinski definition) is 3. The maximum atomic E-state index is 13.0. The minimum Gasteiger partial charge on any atom is -0.871 e.